The van der Waals surface area contributed by atoms with Crippen LogP contribution in [0, 0.1) is 0 Å². The van der Waals surface area contributed by atoms with Crippen LogP contribution in [0.2, 0.25) is 0 Å². The Labute approximate surface area is 331 Å². The molecular weight excluding hydrogens is 687 g/mol. The highest BCUT2D eigenvalue weighted by atomic mass is 32.1. The Bertz CT molecular complexity index is 3540. The van der Waals surface area contributed by atoms with Crippen molar-refractivity contribution in [3.63, 3.8) is 0 Å². The maximum atomic E-state index is 9.93. The lowest BCUT2D eigenvalue weighted by atomic mass is 9.97. The van der Waals surface area contributed by atoms with E-state index in [1.165, 1.54) is 4.90 Å². The van der Waals surface area contributed by atoms with Crippen LogP contribution >= 0.6 is 11.3 Å². The second-order valence-electron chi connectivity index (χ2n) is 13.5. The minimum Gasteiger partial charge on any atom is -0.456 e. The molecule has 258 valence electrons. The lowest BCUT2D eigenvalue weighted by Crippen LogP contribution is -2.10. The van der Waals surface area contributed by atoms with Crippen molar-refractivity contribution < 1.29 is 12.6 Å². The van der Waals surface area contributed by atoms with Gasteiger partial charge in [0.2, 0.25) is 0 Å². The number of thiophene rings is 1. The van der Waals surface area contributed by atoms with Crippen molar-refractivity contribution in [2.75, 3.05) is 4.90 Å². The zero-order valence-corrected chi connectivity index (χ0v) is 30.2. The molecule has 2 heterocycles. The second-order valence-corrected chi connectivity index (χ2v) is 14.6. The van der Waals surface area contributed by atoms with Crippen molar-refractivity contribution in [2.45, 2.75) is 0 Å². The molecule has 55 heavy (non-hydrogen) atoms. The molecule has 0 amide bonds. The van der Waals surface area contributed by atoms with E-state index in [1.54, 1.807) is 47.7 Å². The van der Waals surface area contributed by atoms with Crippen molar-refractivity contribution >= 4 is 81.3 Å². The highest BCUT2D eigenvalue weighted by Gasteiger charge is 2.18. The quantitative estimate of drug-likeness (QED) is 0.170. The molecular formula is C52H33NOS. The van der Waals surface area contributed by atoms with Crippen LogP contribution in [0.4, 0.5) is 17.1 Å². The van der Waals surface area contributed by atoms with E-state index in [4.69, 9.17) is 4.42 Å². The summed E-state index contributed by atoms with van der Waals surface area (Å²) in [6.45, 7) is 0. The molecule has 0 saturated carbocycles. The van der Waals surface area contributed by atoms with Crippen LogP contribution in [-0.2, 0) is 0 Å². The van der Waals surface area contributed by atoms with Gasteiger partial charge in [0.25, 0.3) is 0 Å². The number of hydrogen-bond acceptors (Lipinski definition) is 3. The Hall–Kier alpha value is -6.94. The van der Waals surface area contributed by atoms with Gasteiger partial charge in [-0.05, 0) is 105 Å². The summed E-state index contributed by atoms with van der Waals surface area (Å²) < 4.78 is 66.4. The molecule has 0 radical (unpaired) electrons. The monoisotopic (exact) mass is 725 g/mol. The van der Waals surface area contributed by atoms with Crippen LogP contribution in [0.15, 0.2) is 204 Å². The van der Waals surface area contributed by atoms with E-state index in [-0.39, 0.29) is 53.3 Å². The van der Waals surface area contributed by atoms with Crippen LogP contribution < -0.4 is 4.90 Å². The molecule has 0 fully saturated rings. The van der Waals surface area contributed by atoms with Gasteiger partial charge in [-0.1, -0.05) is 140 Å². The lowest BCUT2D eigenvalue weighted by Gasteiger charge is -2.26. The number of anilines is 3. The first-order valence-electron chi connectivity index (χ1n) is 21.2. The molecule has 0 aliphatic carbocycles. The fourth-order valence-electron chi connectivity index (χ4n) is 7.83. The van der Waals surface area contributed by atoms with Crippen LogP contribution in [0.5, 0.6) is 0 Å². The average molecular weight is 726 g/mol. The van der Waals surface area contributed by atoms with Gasteiger partial charge < -0.3 is 9.32 Å². The van der Waals surface area contributed by atoms with E-state index in [2.05, 4.69) is 18.2 Å². The van der Waals surface area contributed by atoms with Crippen molar-refractivity contribution in [2.24, 2.45) is 0 Å². The van der Waals surface area contributed by atoms with E-state index >= 15 is 0 Å². The summed E-state index contributed by atoms with van der Waals surface area (Å²) >= 11 is 1.70. The highest BCUT2D eigenvalue weighted by molar-refractivity contribution is 7.25. The Morgan fingerprint density at radius 3 is 1.80 bits per heavy atom. The molecule has 0 bridgehead atoms. The number of hydrogen-bond donors (Lipinski definition) is 0. The Balaban J connectivity index is 1.16. The summed E-state index contributed by atoms with van der Waals surface area (Å²) in [6, 6.07) is 51.6. The van der Waals surface area contributed by atoms with Gasteiger partial charge in [0.15, 0.2) is 0 Å². The van der Waals surface area contributed by atoms with E-state index in [0.717, 1.165) is 58.4 Å². The molecule has 0 spiro atoms. The van der Waals surface area contributed by atoms with Gasteiger partial charge in [0.1, 0.15) is 11.2 Å². The predicted octanol–water partition coefficient (Wildman–Crippen LogP) is 15.6. The number of benzene rings is 9. The summed E-state index contributed by atoms with van der Waals surface area (Å²) in [5.74, 6) is 0. The molecule has 3 heteroatoms. The number of furan rings is 1. The SMILES string of the molecule is [2H]c1cc(-c2cccc3ccccc23)cc([2H])c1N(c1c([2H])cc(-c2cccc3sc4ccccc4c23)cc1[2H])c1c([2H])ccc(-c2cccc3oc4ccccc4c23)c1[2H]. The molecule has 11 aromatic rings. The Kier molecular flexibility index (Phi) is 6.07. The first-order chi connectivity index (χ1) is 29.7. The number of nitrogens with zero attached hydrogens (tertiary/aromatic N) is 1. The third kappa shape index (κ3) is 5.32. The molecule has 2 aromatic heterocycles. The first kappa shape index (κ1) is 25.9. The summed E-state index contributed by atoms with van der Waals surface area (Å²) in [6.07, 6.45) is 0. The van der Waals surface area contributed by atoms with Gasteiger partial charge >= 0.3 is 0 Å². The van der Waals surface area contributed by atoms with Crippen LogP contribution in [0.1, 0.15) is 8.22 Å². The summed E-state index contributed by atoms with van der Waals surface area (Å²) in [5, 5.41) is 5.87. The Morgan fingerprint density at radius 2 is 0.982 bits per heavy atom. The first-order valence-corrected chi connectivity index (χ1v) is 19.0. The van der Waals surface area contributed by atoms with E-state index < -0.39 is 0 Å². The third-order valence-corrected chi connectivity index (χ3v) is 11.5. The van der Waals surface area contributed by atoms with E-state index in [0.29, 0.717) is 27.9 Å². The van der Waals surface area contributed by atoms with Gasteiger partial charge in [-0.15, -0.1) is 11.3 Å². The zero-order valence-electron chi connectivity index (χ0n) is 35.4. The summed E-state index contributed by atoms with van der Waals surface area (Å²) in [4.78, 5) is 1.47. The van der Waals surface area contributed by atoms with E-state index in [9.17, 15) is 8.22 Å². The zero-order chi connectivity index (χ0) is 41.5. The molecule has 0 N–H and O–H groups in total. The van der Waals surface area contributed by atoms with Crippen molar-refractivity contribution in [1.29, 1.82) is 0 Å². The highest BCUT2D eigenvalue weighted by Crippen LogP contribution is 2.43. The molecule has 11 rings (SSSR count). The largest absolute Gasteiger partial charge is 0.456 e. The van der Waals surface area contributed by atoms with Crippen molar-refractivity contribution in [3.05, 3.63) is 200 Å². The normalized spacial score (nSPS) is 13.2. The minimum absolute atomic E-state index is 0.0388. The molecule has 0 atom stereocenters. The van der Waals surface area contributed by atoms with Gasteiger partial charge in [-0.25, -0.2) is 0 Å². The van der Waals surface area contributed by atoms with Gasteiger partial charge in [0.05, 0.1) is 8.22 Å². The predicted molar refractivity (Wildman–Crippen MR) is 235 cm³/mol. The number of para-hydroxylation sites is 1. The number of rotatable bonds is 6. The fourth-order valence-corrected chi connectivity index (χ4v) is 8.97. The molecule has 0 saturated heterocycles. The second kappa shape index (κ2) is 12.9. The minimum atomic E-state index is -0.0488. The van der Waals surface area contributed by atoms with Crippen LogP contribution in [0.25, 0.3) is 86.3 Å². The molecule has 9 aromatic carbocycles. The molecule has 2 nitrogen and oxygen atoms in total. The standard InChI is InChI=1S/C52H33NOS/c1-2-15-41-34(11-1)12-8-18-42(41)35-25-29-38(30-26-35)53(39-31-27-36(28-32-39)43-20-10-24-50-52(43)46-17-4-6-23-49(46)55-50)40-14-7-13-37(33-40)44-19-9-22-48-51(44)45-16-3-5-21-47(45)54-48/h1-33H/i14D,29D,30D,31D,32D,33D. The fraction of sp³-hybridized carbons (Fsp3) is 0. The van der Waals surface area contributed by atoms with Gasteiger partial charge in [0, 0.05) is 48.0 Å². The maximum absolute atomic E-state index is 9.93. The van der Waals surface area contributed by atoms with Crippen molar-refractivity contribution in [3.8, 4) is 33.4 Å². The van der Waals surface area contributed by atoms with Crippen LogP contribution in [-0.4, -0.2) is 0 Å². The molecule has 0 aliphatic heterocycles. The molecule has 0 aliphatic rings. The molecule has 0 unspecified atom stereocenters. The smallest absolute Gasteiger partial charge is 0.136 e. The summed E-state index contributed by atoms with van der Waals surface area (Å²) in [7, 11) is 0. The number of fused-ring (bicyclic) bond motifs is 7. The summed E-state index contributed by atoms with van der Waals surface area (Å²) in [5.41, 5.74) is 5.89. The topological polar surface area (TPSA) is 16.4 Å². The Morgan fingerprint density at radius 1 is 0.400 bits per heavy atom. The van der Waals surface area contributed by atoms with E-state index in [1.807, 2.05) is 109 Å². The average Bonchev–Trinajstić information content (AvgIpc) is 3.84. The van der Waals surface area contributed by atoms with Gasteiger partial charge in [-0.2, -0.15) is 0 Å². The lowest BCUT2D eigenvalue weighted by molar-refractivity contribution is 0.669. The van der Waals surface area contributed by atoms with Gasteiger partial charge in [-0.3, -0.25) is 0 Å². The van der Waals surface area contributed by atoms with Crippen LogP contribution in [0.3, 0.4) is 0 Å². The van der Waals surface area contributed by atoms with Crippen molar-refractivity contribution in [1.82, 2.24) is 0 Å². The third-order valence-electron chi connectivity index (χ3n) is 10.4. The maximum Gasteiger partial charge on any atom is 0.136 e.